The Morgan fingerprint density at radius 1 is 0.453 bits per heavy atom. The highest BCUT2D eigenvalue weighted by molar-refractivity contribution is 6.10. The molecule has 0 spiro atoms. The maximum Gasteiger partial charge on any atom is 0.0543 e. The van der Waals surface area contributed by atoms with Crippen LogP contribution in [0.4, 0.5) is 34.1 Å². The topological polar surface area (TPSA) is 6.48 Å². The molecular formula is C51H44N2. The predicted octanol–water partition coefficient (Wildman–Crippen LogP) is 14.4. The molecule has 53 heavy (non-hydrogen) atoms. The molecule has 8 aromatic rings. The molecular weight excluding hydrogens is 641 g/mol. The van der Waals surface area contributed by atoms with Crippen molar-refractivity contribution in [3.05, 3.63) is 193 Å². The van der Waals surface area contributed by atoms with Crippen LogP contribution in [-0.4, -0.2) is 0 Å². The molecule has 8 aromatic carbocycles. The van der Waals surface area contributed by atoms with E-state index in [4.69, 9.17) is 0 Å². The lowest BCUT2D eigenvalue weighted by molar-refractivity contribution is 0.647. The van der Waals surface area contributed by atoms with E-state index in [1.807, 2.05) is 0 Å². The summed E-state index contributed by atoms with van der Waals surface area (Å²) < 4.78 is 0. The molecule has 2 heteroatoms. The third kappa shape index (κ3) is 5.66. The normalized spacial score (nSPS) is 12.9. The van der Waals surface area contributed by atoms with Gasteiger partial charge in [-0.1, -0.05) is 143 Å². The minimum atomic E-state index is -0.248. The third-order valence-corrected chi connectivity index (χ3v) is 11.0. The highest BCUT2D eigenvalue weighted by Gasteiger charge is 2.38. The number of benzene rings is 8. The van der Waals surface area contributed by atoms with Gasteiger partial charge in [0.1, 0.15) is 0 Å². The van der Waals surface area contributed by atoms with Gasteiger partial charge in [-0.15, -0.1) is 0 Å². The van der Waals surface area contributed by atoms with Gasteiger partial charge < -0.3 is 9.80 Å². The quantitative estimate of drug-likeness (QED) is 0.157. The van der Waals surface area contributed by atoms with E-state index in [2.05, 4.69) is 213 Å². The third-order valence-electron chi connectivity index (χ3n) is 11.0. The van der Waals surface area contributed by atoms with Gasteiger partial charge >= 0.3 is 0 Å². The second kappa shape index (κ2) is 13.1. The number of hydrogen-bond acceptors (Lipinski definition) is 2. The summed E-state index contributed by atoms with van der Waals surface area (Å²) in [6, 6.07) is 64.7. The molecule has 1 aliphatic carbocycles. The summed E-state index contributed by atoms with van der Waals surface area (Å²) in [6.07, 6.45) is 1.04. The van der Waals surface area contributed by atoms with Crippen molar-refractivity contribution in [1.82, 2.24) is 0 Å². The zero-order chi connectivity index (χ0) is 36.1. The Balaban J connectivity index is 1.26. The van der Waals surface area contributed by atoms with E-state index in [1.54, 1.807) is 0 Å². The first kappa shape index (κ1) is 32.8. The van der Waals surface area contributed by atoms with Crippen molar-refractivity contribution in [3.8, 4) is 11.1 Å². The van der Waals surface area contributed by atoms with Crippen molar-refractivity contribution >= 4 is 55.7 Å². The van der Waals surface area contributed by atoms with Gasteiger partial charge in [0.25, 0.3) is 0 Å². The maximum absolute atomic E-state index is 2.47. The van der Waals surface area contributed by atoms with Crippen LogP contribution in [0.3, 0.4) is 0 Å². The molecule has 0 N–H and O–H groups in total. The number of hydrogen-bond donors (Lipinski definition) is 0. The molecule has 9 rings (SSSR count). The van der Waals surface area contributed by atoms with Crippen molar-refractivity contribution in [1.29, 1.82) is 0 Å². The van der Waals surface area contributed by atoms with Crippen LogP contribution in [-0.2, 0) is 11.8 Å². The summed E-state index contributed by atoms with van der Waals surface area (Å²) in [5.41, 5.74) is 13.5. The van der Waals surface area contributed by atoms with Crippen molar-refractivity contribution in [2.75, 3.05) is 9.80 Å². The van der Waals surface area contributed by atoms with Gasteiger partial charge in [-0.25, -0.2) is 0 Å². The second-order valence-corrected chi connectivity index (χ2v) is 15.3. The van der Waals surface area contributed by atoms with E-state index in [0.717, 1.165) is 17.8 Å². The summed E-state index contributed by atoms with van der Waals surface area (Å²) in [5.74, 6) is 0.579. The molecule has 0 aromatic heterocycles. The van der Waals surface area contributed by atoms with Crippen LogP contribution in [0.15, 0.2) is 176 Å². The summed E-state index contributed by atoms with van der Waals surface area (Å²) in [7, 11) is 0. The molecule has 258 valence electrons. The van der Waals surface area contributed by atoms with E-state index in [0.29, 0.717) is 5.92 Å². The van der Waals surface area contributed by atoms with Gasteiger partial charge in [-0.2, -0.15) is 0 Å². The van der Waals surface area contributed by atoms with Gasteiger partial charge in [-0.3, -0.25) is 0 Å². The van der Waals surface area contributed by atoms with Crippen LogP contribution in [0.25, 0.3) is 32.7 Å². The lowest BCUT2D eigenvalue weighted by atomic mass is 9.81. The number of para-hydroxylation sites is 2. The molecule has 0 saturated carbocycles. The highest BCUT2D eigenvalue weighted by Crippen LogP contribution is 2.56. The summed E-state index contributed by atoms with van der Waals surface area (Å²) >= 11 is 0. The first-order chi connectivity index (χ1) is 25.9. The molecule has 0 heterocycles. The Labute approximate surface area is 313 Å². The molecule has 0 unspecified atom stereocenters. The minimum absolute atomic E-state index is 0.248. The molecule has 0 aliphatic heterocycles. The lowest BCUT2D eigenvalue weighted by Crippen LogP contribution is -2.18. The molecule has 0 atom stereocenters. The van der Waals surface area contributed by atoms with Crippen LogP contribution in [0.2, 0.25) is 0 Å². The molecule has 0 bridgehead atoms. The van der Waals surface area contributed by atoms with Crippen molar-refractivity contribution in [2.45, 2.75) is 39.5 Å². The summed E-state index contributed by atoms with van der Waals surface area (Å²) in [6.45, 7) is 9.40. The van der Waals surface area contributed by atoms with Crippen LogP contribution < -0.4 is 9.80 Å². The highest BCUT2D eigenvalue weighted by atomic mass is 15.1. The number of nitrogens with zero attached hydrogens (tertiary/aromatic N) is 2. The number of anilines is 6. The number of fused-ring (bicyclic) bond motifs is 6. The second-order valence-electron chi connectivity index (χ2n) is 15.3. The van der Waals surface area contributed by atoms with E-state index in [9.17, 15) is 0 Å². The fourth-order valence-corrected chi connectivity index (χ4v) is 8.58. The standard InChI is InChI=1S/C51H44N2/c1-35(2)31-36-17-15-24-40(32-36)53(48-28-16-19-37-18-11-12-25-42(37)48)41-29-30-45-46(33-41)51(3,4)47-34-49(43-26-13-14-27-44(43)50(45)47)52(38-20-7-5-8-21-38)39-22-9-6-10-23-39/h5-30,32-35H,31H2,1-4H3. The predicted molar refractivity (Wildman–Crippen MR) is 227 cm³/mol. The largest absolute Gasteiger partial charge is 0.310 e. The fourth-order valence-electron chi connectivity index (χ4n) is 8.58. The van der Waals surface area contributed by atoms with Gasteiger partial charge in [0.05, 0.1) is 11.4 Å². The molecule has 1 aliphatic rings. The molecule has 0 radical (unpaired) electrons. The van der Waals surface area contributed by atoms with Crippen molar-refractivity contribution in [2.24, 2.45) is 5.92 Å². The minimum Gasteiger partial charge on any atom is -0.310 e. The van der Waals surface area contributed by atoms with E-state index >= 15 is 0 Å². The maximum atomic E-state index is 2.47. The van der Waals surface area contributed by atoms with E-state index < -0.39 is 0 Å². The van der Waals surface area contributed by atoms with Crippen LogP contribution in [0.1, 0.15) is 44.4 Å². The SMILES string of the molecule is CC(C)Cc1cccc(N(c2ccc3c(c2)C(C)(C)c2cc(N(c4ccccc4)c4ccccc4)c4ccccc4c2-3)c2cccc3ccccc23)c1. The fraction of sp³-hybridized carbons (Fsp3) is 0.137. The van der Waals surface area contributed by atoms with Gasteiger partial charge in [0.15, 0.2) is 0 Å². The monoisotopic (exact) mass is 684 g/mol. The van der Waals surface area contributed by atoms with Crippen LogP contribution in [0, 0.1) is 5.92 Å². The van der Waals surface area contributed by atoms with Crippen molar-refractivity contribution in [3.63, 3.8) is 0 Å². The number of rotatable bonds is 8. The average molecular weight is 685 g/mol. The van der Waals surface area contributed by atoms with Gasteiger partial charge in [0, 0.05) is 38.9 Å². The van der Waals surface area contributed by atoms with Gasteiger partial charge in [0.2, 0.25) is 0 Å². The lowest BCUT2D eigenvalue weighted by Gasteiger charge is -2.30. The summed E-state index contributed by atoms with van der Waals surface area (Å²) in [4.78, 5) is 4.89. The summed E-state index contributed by atoms with van der Waals surface area (Å²) in [5, 5.41) is 5.00. The Hall–Kier alpha value is -6.12. The van der Waals surface area contributed by atoms with Crippen LogP contribution >= 0.6 is 0 Å². The molecule has 0 amide bonds. The first-order valence-electron chi connectivity index (χ1n) is 18.9. The molecule has 0 saturated heterocycles. The van der Waals surface area contributed by atoms with E-state index in [-0.39, 0.29) is 5.41 Å². The van der Waals surface area contributed by atoms with Gasteiger partial charge in [-0.05, 0) is 112 Å². The van der Waals surface area contributed by atoms with Crippen molar-refractivity contribution < 1.29 is 0 Å². The first-order valence-corrected chi connectivity index (χ1v) is 18.9. The average Bonchev–Trinajstić information content (AvgIpc) is 3.41. The zero-order valence-electron chi connectivity index (χ0n) is 30.9. The van der Waals surface area contributed by atoms with Crippen LogP contribution in [0.5, 0.6) is 0 Å². The Kier molecular flexibility index (Phi) is 8.12. The smallest absolute Gasteiger partial charge is 0.0543 e. The molecule has 0 fully saturated rings. The zero-order valence-corrected chi connectivity index (χ0v) is 30.9. The molecule has 2 nitrogen and oxygen atoms in total. The Bertz CT molecular complexity index is 2560. The Morgan fingerprint density at radius 3 is 1.74 bits per heavy atom. The Morgan fingerprint density at radius 2 is 1.02 bits per heavy atom. The van der Waals surface area contributed by atoms with E-state index in [1.165, 1.54) is 72.1 Å².